The highest BCUT2D eigenvalue weighted by atomic mass is 79.9. The molecule has 0 saturated carbocycles. The van der Waals surface area contributed by atoms with Crippen LogP contribution < -0.4 is 10.1 Å². The molecule has 0 fully saturated rings. The van der Waals surface area contributed by atoms with Gasteiger partial charge in [0.25, 0.3) is 0 Å². The van der Waals surface area contributed by atoms with Crippen LogP contribution in [-0.4, -0.2) is 13.2 Å². The smallest absolute Gasteiger partial charge is 0.119 e. The first-order chi connectivity index (χ1) is 9.76. The zero-order chi connectivity index (χ0) is 14.4. The summed E-state index contributed by atoms with van der Waals surface area (Å²) in [4.78, 5) is 1.31. The molecule has 1 unspecified atom stereocenters. The van der Waals surface area contributed by atoms with Crippen LogP contribution in [0.5, 0.6) is 5.75 Å². The van der Waals surface area contributed by atoms with Crippen LogP contribution in [-0.2, 0) is 0 Å². The van der Waals surface area contributed by atoms with E-state index in [-0.39, 0.29) is 6.04 Å². The minimum Gasteiger partial charge on any atom is -0.494 e. The van der Waals surface area contributed by atoms with Gasteiger partial charge in [0, 0.05) is 9.35 Å². The van der Waals surface area contributed by atoms with Gasteiger partial charge in [0.1, 0.15) is 5.75 Å². The second kappa shape index (κ2) is 7.81. The molecule has 2 rings (SSSR count). The largest absolute Gasteiger partial charge is 0.494 e. The molecule has 0 aliphatic rings. The molecule has 1 aromatic carbocycles. The molecular weight excluding hydrogens is 334 g/mol. The summed E-state index contributed by atoms with van der Waals surface area (Å²) in [6, 6.07) is 10.7. The number of hydrogen-bond acceptors (Lipinski definition) is 3. The predicted octanol–water partition coefficient (Wildman–Crippen LogP) is 5.00. The molecule has 2 aromatic rings. The second-order valence-corrected chi connectivity index (χ2v) is 6.33. The topological polar surface area (TPSA) is 21.3 Å². The van der Waals surface area contributed by atoms with Crippen molar-refractivity contribution < 1.29 is 4.74 Å². The van der Waals surface area contributed by atoms with Crippen molar-refractivity contribution in [2.75, 3.05) is 13.2 Å². The zero-order valence-electron chi connectivity index (χ0n) is 11.9. The first kappa shape index (κ1) is 15.5. The van der Waals surface area contributed by atoms with Gasteiger partial charge in [0.05, 0.1) is 12.6 Å². The lowest BCUT2D eigenvalue weighted by Crippen LogP contribution is -2.22. The Hall–Kier alpha value is -0.840. The van der Waals surface area contributed by atoms with E-state index in [1.807, 2.05) is 13.0 Å². The molecule has 20 heavy (non-hydrogen) atoms. The maximum Gasteiger partial charge on any atom is 0.119 e. The summed E-state index contributed by atoms with van der Waals surface area (Å²) in [7, 11) is 0. The monoisotopic (exact) mass is 353 g/mol. The molecule has 0 aliphatic carbocycles. The third-order valence-electron chi connectivity index (χ3n) is 3.01. The molecule has 1 N–H and O–H groups in total. The maximum atomic E-state index is 5.61. The predicted molar refractivity (Wildman–Crippen MR) is 89.8 cm³/mol. The Labute approximate surface area is 133 Å². The van der Waals surface area contributed by atoms with E-state index in [4.69, 9.17) is 4.74 Å². The fourth-order valence-electron chi connectivity index (χ4n) is 2.11. The Morgan fingerprint density at radius 1 is 1.30 bits per heavy atom. The summed E-state index contributed by atoms with van der Waals surface area (Å²) in [6.45, 7) is 5.88. The lowest BCUT2D eigenvalue weighted by atomic mass is 10.0. The fraction of sp³-hybridized carbons (Fsp3) is 0.375. The number of benzene rings is 1. The lowest BCUT2D eigenvalue weighted by Gasteiger charge is -2.19. The number of halogens is 1. The van der Waals surface area contributed by atoms with E-state index in [9.17, 15) is 0 Å². The molecule has 0 spiro atoms. The molecule has 4 heteroatoms. The minimum absolute atomic E-state index is 0.213. The van der Waals surface area contributed by atoms with E-state index in [1.54, 1.807) is 11.3 Å². The summed E-state index contributed by atoms with van der Waals surface area (Å²) in [5.74, 6) is 0.931. The van der Waals surface area contributed by atoms with Crippen LogP contribution in [0.2, 0.25) is 0 Å². The Morgan fingerprint density at radius 3 is 2.80 bits per heavy atom. The molecule has 0 radical (unpaired) electrons. The van der Waals surface area contributed by atoms with Crippen molar-refractivity contribution in [3.8, 4) is 5.75 Å². The van der Waals surface area contributed by atoms with Gasteiger partial charge in [-0.1, -0.05) is 19.1 Å². The average molecular weight is 354 g/mol. The third-order valence-corrected chi connectivity index (χ3v) is 4.94. The van der Waals surface area contributed by atoms with Crippen LogP contribution in [0.3, 0.4) is 0 Å². The molecule has 0 bridgehead atoms. The van der Waals surface area contributed by atoms with Gasteiger partial charge in [-0.15, -0.1) is 11.3 Å². The van der Waals surface area contributed by atoms with Crippen molar-refractivity contribution in [3.63, 3.8) is 0 Å². The summed E-state index contributed by atoms with van der Waals surface area (Å²) in [5.41, 5.74) is 1.24. The number of nitrogens with one attached hydrogen (secondary N) is 1. The highest BCUT2D eigenvalue weighted by Crippen LogP contribution is 2.34. The molecule has 0 amide bonds. The molecule has 0 saturated heterocycles. The highest BCUT2D eigenvalue weighted by molar-refractivity contribution is 9.10. The van der Waals surface area contributed by atoms with Crippen LogP contribution >= 0.6 is 27.3 Å². The van der Waals surface area contributed by atoms with Crippen molar-refractivity contribution in [1.82, 2.24) is 5.32 Å². The Morgan fingerprint density at radius 2 is 2.15 bits per heavy atom. The quantitative estimate of drug-likeness (QED) is 0.756. The zero-order valence-corrected chi connectivity index (χ0v) is 14.3. The highest BCUT2D eigenvalue weighted by Gasteiger charge is 2.17. The molecule has 2 nitrogen and oxygen atoms in total. The Kier molecular flexibility index (Phi) is 6.07. The first-order valence-corrected chi connectivity index (χ1v) is 8.62. The van der Waals surface area contributed by atoms with Crippen LogP contribution in [0.15, 0.2) is 40.2 Å². The maximum absolute atomic E-state index is 5.61. The lowest BCUT2D eigenvalue weighted by molar-refractivity contribution is 0.339. The first-order valence-electron chi connectivity index (χ1n) is 6.95. The van der Waals surface area contributed by atoms with Gasteiger partial charge in [-0.05, 0) is 65.0 Å². The Bertz CT molecular complexity index is 541. The van der Waals surface area contributed by atoms with Crippen LogP contribution in [0, 0.1) is 0 Å². The molecule has 0 aliphatic heterocycles. The van der Waals surface area contributed by atoms with Crippen molar-refractivity contribution in [2.45, 2.75) is 26.3 Å². The fourth-order valence-corrected chi connectivity index (χ4v) is 3.82. The number of rotatable bonds is 7. The number of thiophene rings is 1. The molecule has 1 heterocycles. The van der Waals surface area contributed by atoms with Gasteiger partial charge in [0.15, 0.2) is 0 Å². The summed E-state index contributed by atoms with van der Waals surface area (Å²) < 4.78 is 6.78. The third kappa shape index (κ3) is 3.84. The van der Waals surface area contributed by atoms with Crippen LogP contribution in [0.25, 0.3) is 0 Å². The molecule has 1 atom stereocenters. The Balaban J connectivity index is 2.31. The van der Waals surface area contributed by atoms with E-state index in [1.165, 1.54) is 10.4 Å². The van der Waals surface area contributed by atoms with E-state index < -0.39 is 0 Å². The van der Waals surface area contributed by atoms with Crippen LogP contribution in [0.4, 0.5) is 0 Å². The summed E-state index contributed by atoms with van der Waals surface area (Å²) in [6.07, 6.45) is 1.12. The SMILES string of the molecule is CCCNC(c1cccc(OCC)c1)c1sccc1Br. The van der Waals surface area contributed by atoms with Crippen molar-refractivity contribution in [2.24, 2.45) is 0 Å². The molecular formula is C16H20BrNOS. The van der Waals surface area contributed by atoms with E-state index in [0.717, 1.165) is 23.2 Å². The van der Waals surface area contributed by atoms with E-state index in [2.05, 4.69) is 57.8 Å². The van der Waals surface area contributed by atoms with Gasteiger partial charge in [0.2, 0.25) is 0 Å². The molecule has 1 aromatic heterocycles. The van der Waals surface area contributed by atoms with Crippen LogP contribution in [0.1, 0.15) is 36.8 Å². The average Bonchev–Trinajstić information content (AvgIpc) is 2.87. The van der Waals surface area contributed by atoms with Gasteiger partial charge < -0.3 is 10.1 Å². The van der Waals surface area contributed by atoms with Crippen molar-refractivity contribution in [3.05, 3.63) is 50.6 Å². The standard InChI is InChI=1S/C16H20BrNOS/c1-3-9-18-15(16-14(17)8-10-20-16)12-6-5-7-13(11-12)19-4-2/h5-8,10-11,15,18H,3-4,9H2,1-2H3. The second-order valence-electron chi connectivity index (χ2n) is 4.53. The van der Waals surface area contributed by atoms with E-state index >= 15 is 0 Å². The van der Waals surface area contributed by atoms with Gasteiger partial charge >= 0.3 is 0 Å². The number of ether oxygens (including phenoxy) is 1. The number of hydrogen-bond donors (Lipinski definition) is 1. The van der Waals surface area contributed by atoms with E-state index in [0.29, 0.717) is 6.61 Å². The van der Waals surface area contributed by atoms with Crippen molar-refractivity contribution in [1.29, 1.82) is 0 Å². The minimum atomic E-state index is 0.213. The summed E-state index contributed by atoms with van der Waals surface area (Å²) in [5, 5.41) is 5.74. The summed E-state index contributed by atoms with van der Waals surface area (Å²) >= 11 is 5.42. The van der Waals surface area contributed by atoms with Gasteiger partial charge in [-0.3, -0.25) is 0 Å². The van der Waals surface area contributed by atoms with Crippen molar-refractivity contribution >= 4 is 27.3 Å². The van der Waals surface area contributed by atoms with Gasteiger partial charge in [-0.2, -0.15) is 0 Å². The molecule has 108 valence electrons. The van der Waals surface area contributed by atoms with Gasteiger partial charge in [-0.25, -0.2) is 0 Å². The normalized spacial score (nSPS) is 12.3.